The summed E-state index contributed by atoms with van der Waals surface area (Å²) >= 11 is 0. The van der Waals surface area contributed by atoms with E-state index in [1.54, 1.807) is 11.1 Å². The Morgan fingerprint density at radius 3 is 3.04 bits per heavy atom. The number of hydrogen-bond donors (Lipinski definition) is 2. The first-order valence-corrected chi connectivity index (χ1v) is 9.32. The van der Waals surface area contributed by atoms with Gasteiger partial charge in [0.2, 0.25) is 5.88 Å². The van der Waals surface area contributed by atoms with Crippen LogP contribution in [-0.2, 0) is 11.3 Å². The largest absolute Gasteiger partial charge is 0.481 e. The van der Waals surface area contributed by atoms with Crippen LogP contribution in [0.15, 0.2) is 18.3 Å². The van der Waals surface area contributed by atoms with Crippen LogP contribution in [0.5, 0.6) is 5.88 Å². The Labute approximate surface area is 153 Å². The van der Waals surface area contributed by atoms with E-state index in [9.17, 15) is 14.7 Å². The fraction of sp³-hybridized carbons (Fsp3) is 0.632. The first-order valence-electron chi connectivity index (χ1n) is 9.32. The lowest BCUT2D eigenvalue weighted by molar-refractivity contribution is -0.149. The predicted octanol–water partition coefficient (Wildman–Crippen LogP) is 2.66. The van der Waals surface area contributed by atoms with E-state index in [1.165, 1.54) is 0 Å². The van der Waals surface area contributed by atoms with Gasteiger partial charge in [-0.25, -0.2) is 9.78 Å². The highest BCUT2D eigenvalue weighted by atomic mass is 16.5. The summed E-state index contributed by atoms with van der Waals surface area (Å²) in [5, 5.41) is 12.5. The SMILES string of the molecule is CCC(C)Oc1cc(CNC(=O)N2C[C@@H]3CCC[C@@]3(C(=O)O)C2)ccn1. The molecule has 1 unspecified atom stereocenters. The van der Waals surface area contributed by atoms with E-state index in [-0.39, 0.29) is 18.1 Å². The lowest BCUT2D eigenvalue weighted by Gasteiger charge is -2.23. The van der Waals surface area contributed by atoms with Crippen LogP contribution in [0.4, 0.5) is 4.79 Å². The molecular weight excluding hydrogens is 334 g/mol. The topological polar surface area (TPSA) is 91.8 Å². The Morgan fingerprint density at radius 1 is 1.54 bits per heavy atom. The van der Waals surface area contributed by atoms with Crippen LogP contribution >= 0.6 is 0 Å². The number of nitrogens with zero attached hydrogens (tertiary/aromatic N) is 2. The van der Waals surface area contributed by atoms with Gasteiger partial charge in [-0.2, -0.15) is 0 Å². The minimum atomic E-state index is -0.767. The van der Waals surface area contributed by atoms with E-state index in [1.807, 2.05) is 26.0 Å². The highest BCUT2D eigenvalue weighted by molar-refractivity contribution is 5.80. The zero-order valence-electron chi connectivity index (χ0n) is 15.4. The lowest BCUT2D eigenvalue weighted by Crippen LogP contribution is -2.41. The zero-order valence-corrected chi connectivity index (χ0v) is 15.4. The molecule has 0 radical (unpaired) electrons. The fourth-order valence-electron chi connectivity index (χ4n) is 4.00. The fourth-order valence-corrected chi connectivity index (χ4v) is 4.00. The molecule has 2 aliphatic rings. The average molecular weight is 361 g/mol. The number of amides is 2. The molecule has 2 fully saturated rings. The van der Waals surface area contributed by atoms with Gasteiger partial charge in [0, 0.05) is 31.9 Å². The normalized spacial score (nSPS) is 25.6. The number of nitrogens with one attached hydrogen (secondary N) is 1. The molecule has 1 aromatic heterocycles. The summed E-state index contributed by atoms with van der Waals surface area (Å²) in [7, 11) is 0. The maximum Gasteiger partial charge on any atom is 0.317 e. The molecule has 1 saturated carbocycles. The van der Waals surface area contributed by atoms with E-state index in [0.29, 0.717) is 31.9 Å². The quantitative estimate of drug-likeness (QED) is 0.813. The number of hydrogen-bond acceptors (Lipinski definition) is 4. The predicted molar refractivity (Wildman–Crippen MR) is 95.8 cm³/mol. The van der Waals surface area contributed by atoms with Crippen molar-refractivity contribution in [3.63, 3.8) is 0 Å². The monoisotopic (exact) mass is 361 g/mol. The van der Waals surface area contributed by atoms with E-state index >= 15 is 0 Å². The first-order chi connectivity index (χ1) is 12.4. The molecule has 1 aliphatic heterocycles. The van der Waals surface area contributed by atoms with Crippen molar-refractivity contribution in [1.82, 2.24) is 15.2 Å². The number of ether oxygens (including phenoxy) is 1. The van der Waals surface area contributed by atoms with E-state index < -0.39 is 11.4 Å². The molecule has 0 bridgehead atoms. The number of rotatable bonds is 6. The number of carbonyl (C=O) groups is 2. The molecule has 7 nitrogen and oxygen atoms in total. The zero-order chi connectivity index (χ0) is 18.7. The van der Waals surface area contributed by atoms with Crippen molar-refractivity contribution in [2.45, 2.75) is 52.2 Å². The molecule has 0 aromatic carbocycles. The Morgan fingerprint density at radius 2 is 2.35 bits per heavy atom. The van der Waals surface area contributed by atoms with Crippen LogP contribution in [0, 0.1) is 11.3 Å². The van der Waals surface area contributed by atoms with Crippen molar-refractivity contribution in [3.8, 4) is 5.88 Å². The van der Waals surface area contributed by atoms with Crippen LogP contribution in [0.1, 0.15) is 45.1 Å². The molecular formula is C19H27N3O4. The molecule has 3 rings (SSSR count). The summed E-state index contributed by atoms with van der Waals surface area (Å²) in [5.41, 5.74) is 0.157. The molecule has 3 atom stereocenters. The number of aromatic nitrogens is 1. The molecule has 2 heterocycles. The van der Waals surface area contributed by atoms with Gasteiger partial charge in [0.1, 0.15) is 0 Å². The molecule has 1 saturated heterocycles. The Bertz CT molecular complexity index is 681. The number of carboxylic acids is 1. The van der Waals surface area contributed by atoms with Gasteiger partial charge in [-0.05, 0) is 43.7 Å². The van der Waals surface area contributed by atoms with Crippen LogP contribution in [0.25, 0.3) is 0 Å². The third-order valence-electron chi connectivity index (χ3n) is 5.72. The van der Waals surface area contributed by atoms with Crippen LogP contribution < -0.4 is 10.1 Å². The maximum absolute atomic E-state index is 12.5. The molecule has 2 amide bonds. The van der Waals surface area contributed by atoms with Crippen molar-refractivity contribution < 1.29 is 19.4 Å². The van der Waals surface area contributed by atoms with Crippen molar-refractivity contribution >= 4 is 12.0 Å². The second-order valence-corrected chi connectivity index (χ2v) is 7.43. The summed E-state index contributed by atoms with van der Waals surface area (Å²) in [6.45, 7) is 5.22. The number of fused-ring (bicyclic) bond motifs is 1. The summed E-state index contributed by atoms with van der Waals surface area (Å²) in [6.07, 6.45) is 5.13. The van der Waals surface area contributed by atoms with Gasteiger partial charge in [-0.3, -0.25) is 4.79 Å². The molecule has 0 spiro atoms. The lowest BCUT2D eigenvalue weighted by atomic mass is 9.81. The standard InChI is InChI=1S/C19H27N3O4/c1-3-13(2)26-16-9-14(6-8-20-16)10-21-18(25)22-11-15-5-4-7-19(15,12-22)17(23)24/h6,8-9,13,15H,3-5,7,10-12H2,1-2H3,(H,21,25)(H,23,24)/t13?,15-,19+/m0/s1. The third kappa shape index (κ3) is 3.61. The van der Waals surface area contributed by atoms with Gasteiger partial charge in [0.25, 0.3) is 0 Å². The van der Waals surface area contributed by atoms with E-state index in [0.717, 1.165) is 24.8 Å². The van der Waals surface area contributed by atoms with Gasteiger partial charge in [0.15, 0.2) is 0 Å². The van der Waals surface area contributed by atoms with Gasteiger partial charge in [-0.1, -0.05) is 13.3 Å². The van der Waals surface area contributed by atoms with E-state index in [2.05, 4.69) is 10.3 Å². The molecule has 2 N–H and O–H groups in total. The summed E-state index contributed by atoms with van der Waals surface area (Å²) in [5.74, 6) is -0.148. The molecule has 26 heavy (non-hydrogen) atoms. The number of likely N-dealkylation sites (tertiary alicyclic amines) is 1. The number of carboxylic acid groups (broad SMARTS) is 1. The Balaban J connectivity index is 1.57. The van der Waals surface area contributed by atoms with Crippen LogP contribution in [-0.4, -0.2) is 46.2 Å². The van der Waals surface area contributed by atoms with Crippen LogP contribution in [0.2, 0.25) is 0 Å². The number of aliphatic carboxylic acids is 1. The third-order valence-corrected chi connectivity index (χ3v) is 5.72. The highest BCUT2D eigenvalue weighted by Gasteiger charge is 2.55. The number of pyridine rings is 1. The molecule has 7 heteroatoms. The Kier molecular flexibility index (Phi) is 5.34. The Hall–Kier alpha value is -2.31. The van der Waals surface area contributed by atoms with E-state index in [4.69, 9.17) is 4.74 Å². The summed E-state index contributed by atoms with van der Waals surface area (Å²) in [4.78, 5) is 30.1. The number of carbonyl (C=O) groups excluding carboxylic acids is 1. The minimum Gasteiger partial charge on any atom is -0.481 e. The van der Waals surface area contributed by atoms with Gasteiger partial charge >= 0.3 is 12.0 Å². The van der Waals surface area contributed by atoms with Crippen molar-refractivity contribution in [2.75, 3.05) is 13.1 Å². The van der Waals surface area contributed by atoms with Crippen molar-refractivity contribution in [3.05, 3.63) is 23.9 Å². The number of urea groups is 1. The van der Waals surface area contributed by atoms with Crippen molar-refractivity contribution in [2.24, 2.45) is 11.3 Å². The van der Waals surface area contributed by atoms with Gasteiger partial charge in [0.05, 0.1) is 11.5 Å². The minimum absolute atomic E-state index is 0.0715. The molecule has 142 valence electrons. The maximum atomic E-state index is 12.5. The van der Waals surface area contributed by atoms with Crippen molar-refractivity contribution in [1.29, 1.82) is 0 Å². The second kappa shape index (κ2) is 7.51. The molecule has 1 aliphatic carbocycles. The second-order valence-electron chi connectivity index (χ2n) is 7.43. The first kappa shape index (κ1) is 18.5. The molecule has 1 aromatic rings. The summed E-state index contributed by atoms with van der Waals surface area (Å²) in [6, 6.07) is 3.45. The highest BCUT2D eigenvalue weighted by Crippen LogP contribution is 2.48. The van der Waals surface area contributed by atoms with Crippen LogP contribution in [0.3, 0.4) is 0 Å². The van der Waals surface area contributed by atoms with Gasteiger partial charge < -0.3 is 20.1 Å². The summed E-state index contributed by atoms with van der Waals surface area (Å²) < 4.78 is 5.70. The smallest absolute Gasteiger partial charge is 0.317 e. The van der Waals surface area contributed by atoms with Gasteiger partial charge in [-0.15, -0.1) is 0 Å². The average Bonchev–Trinajstić information content (AvgIpc) is 3.18.